The van der Waals surface area contributed by atoms with Crippen LogP contribution in [0.5, 0.6) is 5.75 Å². The number of ether oxygens (including phenoxy) is 1. The molecule has 0 unspecified atom stereocenters. The number of likely N-dealkylation sites (tertiary alicyclic amines) is 1. The standard InChI is InChI=1S/C24H28N4O2S/c1-16-15-31-23(25-16)27-21-9-5-7-19(26-21)20-8-6-14-28(20)22(29)24(2,3)17-10-12-18(30-4)13-11-17/h5,7,9-13,15,20H,6,8,14H2,1-4H3,(H,25,26,27)/t20-/m0/s1. The highest BCUT2D eigenvalue weighted by molar-refractivity contribution is 7.13. The van der Waals surface area contributed by atoms with E-state index in [1.807, 2.05) is 73.5 Å². The molecule has 0 bridgehead atoms. The van der Waals surface area contributed by atoms with Gasteiger partial charge in [-0.2, -0.15) is 0 Å². The number of nitrogens with zero attached hydrogens (tertiary/aromatic N) is 3. The molecule has 1 atom stereocenters. The molecular formula is C24H28N4O2S. The lowest BCUT2D eigenvalue weighted by Gasteiger charge is -2.33. The number of thiazole rings is 1. The average Bonchev–Trinajstić information content (AvgIpc) is 3.42. The average molecular weight is 437 g/mol. The summed E-state index contributed by atoms with van der Waals surface area (Å²) < 4.78 is 5.26. The number of hydrogen-bond donors (Lipinski definition) is 1. The van der Waals surface area contributed by atoms with Gasteiger partial charge < -0.3 is 15.0 Å². The van der Waals surface area contributed by atoms with E-state index < -0.39 is 5.41 Å². The van der Waals surface area contributed by atoms with E-state index in [4.69, 9.17) is 9.72 Å². The van der Waals surface area contributed by atoms with Gasteiger partial charge in [-0.3, -0.25) is 4.79 Å². The van der Waals surface area contributed by atoms with Crippen molar-refractivity contribution in [3.63, 3.8) is 0 Å². The molecule has 1 amide bonds. The third-order valence-corrected chi connectivity index (χ3v) is 6.70. The maximum atomic E-state index is 13.6. The van der Waals surface area contributed by atoms with Crippen LogP contribution in [-0.2, 0) is 10.2 Å². The zero-order chi connectivity index (χ0) is 22.0. The van der Waals surface area contributed by atoms with Crippen molar-refractivity contribution in [2.24, 2.45) is 0 Å². The first-order valence-electron chi connectivity index (χ1n) is 10.5. The largest absolute Gasteiger partial charge is 0.497 e. The normalized spacial score (nSPS) is 16.4. The van der Waals surface area contributed by atoms with Crippen molar-refractivity contribution in [1.29, 1.82) is 0 Å². The van der Waals surface area contributed by atoms with Crippen LogP contribution in [0.15, 0.2) is 47.8 Å². The summed E-state index contributed by atoms with van der Waals surface area (Å²) in [4.78, 5) is 24.9. The van der Waals surface area contributed by atoms with E-state index in [-0.39, 0.29) is 11.9 Å². The highest BCUT2D eigenvalue weighted by atomic mass is 32.1. The Hall–Kier alpha value is -2.93. The minimum atomic E-state index is -0.636. The van der Waals surface area contributed by atoms with Crippen LogP contribution >= 0.6 is 11.3 Å². The molecule has 0 radical (unpaired) electrons. The molecule has 1 aliphatic heterocycles. The first-order chi connectivity index (χ1) is 14.9. The number of hydrogen-bond acceptors (Lipinski definition) is 6. The van der Waals surface area contributed by atoms with Crippen LogP contribution in [0.3, 0.4) is 0 Å². The predicted molar refractivity (Wildman–Crippen MR) is 124 cm³/mol. The molecule has 4 rings (SSSR count). The first-order valence-corrected chi connectivity index (χ1v) is 11.4. The summed E-state index contributed by atoms with van der Waals surface area (Å²) in [6.45, 7) is 6.69. The second kappa shape index (κ2) is 8.67. The summed E-state index contributed by atoms with van der Waals surface area (Å²) in [5.74, 6) is 1.66. The number of carbonyl (C=O) groups is 1. The molecule has 31 heavy (non-hydrogen) atoms. The SMILES string of the molecule is COc1ccc(C(C)(C)C(=O)N2CCC[C@H]2c2cccc(Nc3nc(C)cs3)n2)cc1. The Balaban J connectivity index is 1.55. The Morgan fingerprint density at radius 1 is 1.19 bits per heavy atom. The molecule has 162 valence electrons. The Kier molecular flexibility index (Phi) is 5.96. The fraction of sp³-hybridized carbons (Fsp3) is 0.375. The van der Waals surface area contributed by atoms with Crippen molar-refractivity contribution in [3.05, 3.63) is 64.8 Å². The van der Waals surface area contributed by atoms with E-state index in [0.717, 1.165) is 53.0 Å². The monoisotopic (exact) mass is 436 g/mol. The van der Waals surface area contributed by atoms with Crippen molar-refractivity contribution in [2.75, 3.05) is 19.0 Å². The molecule has 2 aromatic heterocycles. The first kappa shape index (κ1) is 21.3. The molecule has 1 aromatic carbocycles. The fourth-order valence-corrected chi connectivity index (χ4v) is 4.73. The molecule has 6 nitrogen and oxygen atoms in total. The van der Waals surface area contributed by atoms with Gasteiger partial charge in [0.15, 0.2) is 5.13 Å². The Morgan fingerprint density at radius 2 is 1.97 bits per heavy atom. The van der Waals surface area contributed by atoms with Gasteiger partial charge in [0.05, 0.1) is 30.0 Å². The summed E-state index contributed by atoms with van der Waals surface area (Å²) in [5.41, 5.74) is 2.24. The molecule has 0 saturated carbocycles. The van der Waals surface area contributed by atoms with Gasteiger partial charge in [-0.1, -0.05) is 18.2 Å². The molecule has 1 fully saturated rings. The zero-order valence-electron chi connectivity index (χ0n) is 18.4. The van der Waals surface area contributed by atoms with E-state index in [9.17, 15) is 4.79 Å². The Labute approximate surface area is 187 Å². The maximum absolute atomic E-state index is 13.6. The van der Waals surface area contributed by atoms with Crippen molar-refractivity contribution in [2.45, 2.75) is 45.1 Å². The lowest BCUT2D eigenvalue weighted by atomic mass is 9.83. The zero-order valence-corrected chi connectivity index (χ0v) is 19.2. The maximum Gasteiger partial charge on any atom is 0.233 e. The van der Waals surface area contributed by atoms with Crippen molar-refractivity contribution >= 4 is 28.2 Å². The number of amides is 1. The number of rotatable bonds is 6. The van der Waals surface area contributed by atoms with Crippen molar-refractivity contribution in [3.8, 4) is 5.75 Å². The Morgan fingerprint density at radius 3 is 2.65 bits per heavy atom. The summed E-state index contributed by atoms with van der Waals surface area (Å²) in [5, 5.41) is 6.11. The van der Waals surface area contributed by atoms with Crippen molar-refractivity contribution < 1.29 is 9.53 Å². The molecule has 1 N–H and O–H groups in total. The van der Waals surface area contributed by atoms with E-state index in [1.165, 1.54) is 0 Å². The number of pyridine rings is 1. The second-order valence-corrected chi connectivity index (χ2v) is 9.23. The van der Waals surface area contributed by atoms with Crippen LogP contribution in [0.2, 0.25) is 0 Å². The van der Waals surface area contributed by atoms with Crippen LogP contribution in [0, 0.1) is 6.92 Å². The summed E-state index contributed by atoms with van der Waals surface area (Å²) >= 11 is 1.56. The van der Waals surface area contributed by atoms with Gasteiger partial charge in [0.1, 0.15) is 11.6 Å². The summed E-state index contributed by atoms with van der Waals surface area (Å²) in [7, 11) is 1.64. The van der Waals surface area contributed by atoms with Gasteiger partial charge in [-0.15, -0.1) is 11.3 Å². The number of carbonyl (C=O) groups excluding carboxylic acids is 1. The number of aryl methyl sites for hydroxylation is 1. The highest BCUT2D eigenvalue weighted by Crippen LogP contribution is 2.37. The minimum absolute atomic E-state index is 0.0233. The van der Waals surface area contributed by atoms with Crippen LogP contribution in [0.25, 0.3) is 0 Å². The van der Waals surface area contributed by atoms with Crippen LogP contribution < -0.4 is 10.1 Å². The molecule has 1 saturated heterocycles. The Bertz CT molecular complexity index is 1060. The van der Waals surface area contributed by atoms with Crippen LogP contribution in [-0.4, -0.2) is 34.4 Å². The fourth-order valence-electron chi connectivity index (χ4n) is 4.04. The molecule has 1 aliphatic rings. The van der Waals surface area contributed by atoms with Gasteiger partial charge in [-0.25, -0.2) is 9.97 Å². The molecule has 3 heterocycles. The lowest BCUT2D eigenvalue weighted by Crippen LogP contribution is -2.43. The van der Waals surface area contributed by atoms with Crippen LogP contribution in [0.1, 0.15) is 49.7 Å². The lowest BCUT2D eigenvalue weighted by molar-refractivity contribution is -0.137. The van der Waals surface area contributed by atoms with E-state index in [0.29, 0.717) is 0 Å². The molecule has 0 spiro atoms. The third-order valence-electron chi connectivity index (χ3n) is 5.83. The van der Waals surface area contributed by atoms with Gasteiger partial charge in [0.25, 0.3) is 0 Å². The summed E-state index contributed by atoms with van der Waals surface area (Å²) in [6.07, 6.45) is 1.89. The second-order valence-electron chi connectivity index (χ2n) is 8.38. The topological polar surface area (TPSA) is 67.3 Å². The number of nitrogens with one attached hydrogen (secondary N) is 1. The molecule has 0 aliphatic carbocycles. The van der Waals surface area contributed by atoms with Gasteiger partial charge in [-0.05, 0) is 63.4 Å². The molecule has 7 heteroatoms. The van der Waals surface area contributed by atoms with E-state index in [2.05, 4.69) is 10.3 Å². The van der Waals surface area contributed by atoms with Crippen molar-refractivity contribution in [1.82, 2.24) is 14.9 Å². The highest BCUT2D eigenvalue weighted by Gasteiger charge is 2.39. The summed E-state index contributed by atoms with van der Waals surface area (Å²) in [6, 6.07) is 13.7. The number of anilines is 2. The van der Waals surface area contributed by atoms with E-state index in [1.54, 1.807) is 18.4 Å². The minimum Gasteiger partial charge on any atom is -0.497 e. The van der Waals surface area contributed by atoms with Gasteiger partial charge in [0, 0.05) is 11.9 Å². The molecule has 3 aromatic rings. The number of methoxy groups -OCH3 is 1. The number of aromatic nitrogens is 2. The van der Waals surface area contributed by atoms with Gasteiger partial charge >= 0.3 is 0 Å². The molecular weight excluding hydrogens is 408 g/mol. The number of benzene rings is 1. The van der Waals surface area contributed by atoms with Gasteiger partial charge in [0.2, 0.25) is 5.91 Å². The third kappa shape index (κ3) is 4.42. The smallest absolute Gasteiger partial charge is 0.233 e. The quantitative estimate of drug-likeness (QED) is 0.572. The van der Waals surface area contributed by atoms with Crippen LogP contribution in [0.4, 0.5) is 10.9 Å². The predicted octanol–water partition coefficient (Wildman–Crippen LogP) is 5.24. The van der Waals surface area contributed by atoms with E-state index >= 15 is 0 Å².